The number of amides is 1. The summed E-state index contributed by atoms with van der Waals surface area (Å²) < 4.78 is 19.1. The molecule has 3 N–H and O–H groups in total. The van der Waals surface area contributed by atoms with Gasteiger partial charge in [0, 0.05) is 30.5 Å². The highest BCUT2D eigenvalue weighted by Gasteiger charge is 2.41. The maximum Gasteiger partial charge on any atom is 0.289 e. The van der Waals surface area contributed by atoms with Gasteiger partial charge in [0.1, 0.15) is 11.6 Å². The minimum absolute atomic E-state index is 0.101. The molecule has 9 heteroatoms. The van der Waals surface area contributed by atoms with Crippen LogP contribution in [0.1, 0.15) is 33.0 Å². The van der Waals surface area contributed by atoms with Gasteiger partial charge in [-0.1, -0.05) is 12.1 Å². The van der Waals surface area contributed by atoms with Gasteiger partial charge in [-0.3, -0.25) is 9.89 Å². The molecular formula is C22H25FN6O2. The van der Waals surface area contributed by atoms with E-state index in [1.54, 1.807) is 12.3 Å². The molecule has 0 atom stereocenters. The first-order chi connectivity index (χ1) is 15.0. The Bertz CT molecular complexity index is 1070. The van der Waals surface area contributed by atoms with E-state index in [0.717, 1.165) is 28.8 Å². The van der Waals surface area contributed by atoms with Crippen LogP contribution in [-0.2, 0) is 16.6 Å². The standard InChI is InChI=1S/C22H25FN6O2/c1-14-15(2)28-20(29-19(14)24-7-6-16-9-26-27-10-16)21(30)25-11-22(12-31-13-22)17-4-3-5-18(23)8-17/h3-5,8-10H,6-7,11-13H2,1-2H3,(H,25,30)(H,26,27)(H,24,28,29). The summed E-state index contributed by atoms with van der Waals surface area (Å²) in [5.41, 5.74) is 3.08. The second kappa shape index (κ2) is 8.81. The normalized spacial score (nSPS) is 14.7. The van der Waals surface area contributed by atoms with E-state index >= 15 is 0 Å². The Labute approximate surface area is 179 Å². The summed E-state index contributed by atoms with van der Waals surface area (Å²) in [4.78, 5) is 21.6. The maximum absolute atomic E-state index is 13.7. The van der Waals surface area contributed by atoms with Crippen molar-refractivity contribution in [3.63, 3.8) is 0 Å². The van der Waals surface area contributed by atoms with Gasteiger partial charge >= 0.3 is 0 Å². The van der Waals surface area contributed by atoms with Crippen molar-refractivity contribution in [2.75, 3.05) is 31.6 Å². The first-order valence-electron chi connectivity index (χ1n) is 10.2. The Hall–Kier alpha value is -3.33. The molecule has 1 fully saturated rings. The highest BCUT2D eigenvalue weighted by Crippen LogP contribution is 2.32. The van der Waals surface area contributed by atoms with Crippen molar-refractivity contribution in [2.24, 2.45) is 0 Å². The van der Waals surface area contributed by atoms with Gasteiger partial charge < -0.3 is 15.4 Å². The number of aromatic nitrogens is 4. The fourth-order valence-electron chi connectivity index (χ4n) is 3.51. The van der Waals surface area contributed by atoms with Gasteiger partial charge in [0.25, 0.3) is 5.91 Å². The largest absolute Gasteiger partial charge is 0.379 e. The monoisotopic (exact) mass is 424 g/mol. The van der Waals surface area contributed by atoms with Crippen LogP contribution in [0.15, 0.2) is 36.7 Å². The summed E-state index contributed by atoms with van der Waals surface area (Å²) in [7, 11) is 0. The van der Waals surface area contributed by atoms with Crippen molar-refractivity contribution in [1.29, 1.82) is 0 Å². The van der Waals surface area contributed by atoms with Crippen molar-refractivity contribution in [3.05, 3.63) is 70.7 Å². The molecule has 1 aromatic carbocycles. The van der Waals surface area contributed by atoms with Gasteiger partial charge in [0.15, 0.2) is 0 Å². The fourth-order valence-corrected chi connectivity index (χ4v) is 3.51. The molecule has 0 unspecified atom stereocenters. The fraction of sp³-hybridized carbons (Fsp3) is 0.364. The van der Waals surface area contributed by atoms with Crippen LogP contribution < -0.4 is 10.6 Å². The second-order valence-corrected chi connectivity index (χ2v) is 7.86. The van der Waals surface area contributed by atoms with E-state index in [2.05, 4.69) is 30.8 Å². The van der Waals surface area contributed by atoms with E-state index in [4.69, 9.17) is 4.74 Å². The quantitative estimate of drug-likeness (QED) is 0.513. The topological polar surface area (TPSA) is 105 Å². The van der Waals surface area contributed by atoms with E-state index in [9.17, 15) is 9.18 Å². The number of halogens is 1. The minimum Gasteiger partial charge on any atom is -0.379 e. The van der Waals surface area contributed by atoms with Crippen molar-refractivity contribution in [2.45, 2.75) is 25.7 Å². The SMILES string of the molecule is Cc1nc(C(=O)NCC2(c3cccc(F)c3)COC2)nc(NCCc2cn[nH]c2)c1C. The number of aryl methyl sites for hydroxylation is 1. The molecule has 0 radical (unpaired) electrons. The Morgan fingerprint density at radius 2 is 2.13 bits per heavy atom. The van der Waals surface area contributed by atoms with Gasteiger partial charge in [-0.25, -0.2) is 14.4 Å². The maximum atomic E-state index is 13.7. The lowest BCUT2D eigenvalue weighted by molar-refractivity contribution is -0.0581. The zero-order valence-electron chi connectivity index (χ0n) is 17.5. The Morgan fingerprint density at radius 3 is 2.81 bits per heavy atom. The van der Waals surface area contributed by atoms with Crippen LogP contribution in [0.5, 0.6) is 0 Å². The molecule has 31 heavy (non-hydrogen) atoms. The number of carbonyl (C=O) groups excluding carboxylic acids is 1. The zero-order chi connectivity index (χ0) is 21.8. The number of ether oxygens (including phenoxy) is 1. The van der Waals surface area contributed by atoms with Crippen LogP contribution in [0.4, 0.5) is 10.2 Å². The third-order valence-corrected chi connectivity index (χ3v) is 5.63. The van der Waals surface area contributed by atoms with Gasteiger partial charge in [-0.05, 0) is 43.5 Å². The average Bonchev–Trinajstić information content (AvgIpc) is 3.23. The summed E-state index contributed by atoms with van der Waals surface area (Å²) in [6, 6.07) is 6.41. The van der Waals surface area contributed by atoms with Crippen molar-refractivity contribution in [3.8, 4) is 0 Å². The third kappa shape index (κ3) is 4.56. The Morgan fingerprint density at radius 1 is 1.29 bits per heavy atom. The molecule has 162 valence electrons. The van der Waals surface area contributed by atoms with E-state index in [1.165, 1.54) is 12.1 Å². The van der Waals surface area contributed by atoms with Crippen LogP contribution in [0.25, 0.3) is 0 Å². The predicted octanol–water partition coefficient (Wildman–Crippen LogP) is 2.31. The number of H-pyrrole nitrogens is 1. The van der Waals surface area contributed by atoms with Crippen molar-refractivity contribution in [1.82, 2.24) is 25.5 Å². The van der Waals surface area contributed by atoms with Crippen LogP contribution in [0, 0.1) is 19.7 Å². The summed E-state index contributed by atoms with van der Waals surface area (Å²) >= 11 is 0. The molecule has 4 rings (SSSR count). The number of rotatable bonds is 8. The molecule has 0 saturated carbocycles. The summed E-state index contributed by atoms with van der Waals surface area (Å²) in [6.45, 7) is 5.58. The van der Waals surface area contributed by atoms with E-state index < -0.39 is 5.41 Å². The number of anilines is 1. The van der Waals surface area contributed by atoms with E-state index in [-0.39, 0.29) is 17.5 Å². The number of nitrogens with one attached hydrogen (secondary N) is 3. The Balaban J connectivity index is 1.43. The number of benzene rings is 1. The molecule has 1 aliphatic heterocycles. The number of carbonyl (C=O) groups is 1. The summed E-state index contributed by atoms with van der Waals surface area (Å²) in [5.74, 6) is 0.0545. The summed E-state index contributed by atoms with van der Waals surface area (Å²) in [6.07, 6.45) is 4.39. The molecule has 1 saturated heterocycles. The van der Waals surface area contributed by atoms with Gasteiger partial charge in [0.05, 0.1) is 24.8 Å². The number of hydrogen-bond acceptors (Lipinski definition) is 6. The van der Waals surface area contributed by atoms with Crippen LogP contribution in [0.2, 0.25) is 0 Å². The molecule has 8 nitrogen and oxygen atoms in total. The molecule has 1 aliphatic rings. The number of hydrogen-bond donors (Lipinski definition) is 3. The van der Waals surface area contributed by atoms with Gasteiger partial charge in [-0.2, -0.15) is 5.10 Å². The summed E-state index contributed by atoms with van der Waals surface area (Å²) in [5, 5.41) is 12.9. The molecule has 0 spiro atoms. The highest BCUT2D eigenvalue weighted by molar-refractivity contribution is 5.91. The lowest BCUT2D eigenvalue weighted by atomic mass is 9.78. The van der Waals surface area contributed by atoms with Crippen molar-refractivity contribution < 1.29 is 13.9 Å². The number of nitrogens with zero attached hydrogens (tertiary/aromatic N) is 3. The molecule has 0 bridgehead atoms. The molecule has 3 aromatic rings. The van der Waals surface area contributed by atoms with Crippen molar-refractivity contribution >= 4 is 11.7 Å². The minimum atomic E-state index is -0.441. The highest BCUT2D eigenvalue weighted by atomic mass is 19.1. The van der Waals surface area contributed by atoms with Crippen LogP contribution in [0.3, 0.4) is 0 Å². The molecule has 2 aromatic heterocycles. The Kier molecular flexibility index (Phi) is 5.94. The molecule has 1 amide bonds. The molecule has 0 aliphatic carbocycles. The van der Waals surface area contributed by atoms with E-state index in [0.29, 0.717) is 32.1 Å². The van der Waals surface area contributed by atoms with Gasteiger partial charge in [0.2, 0.25) is 5.82 Å². The predicted molar refractivity (Wildman–Crippen MR) is 114 cm³/mol. The molecular weight excluding hydrogens is 399 g/mol. The zero-order valence-corrected chi connectivity index (χ0v) is 17.5. The molecule has 3 heterocycles. The van der Waals surface area contributed by atoms with E-state index in [1.807, 2.05) is 26.1 Å². The third-order valence-electron chi connectivity index (χ3n) is 5.63. The van der Waals surface area contributed by atoms with Crippen LogP contribution in [-0.4, -0.2) is 52.4 Å². The number of aromatic amines is 1. The first-order valence-corrected chi connectivity index (χ1v) is 10.2. The lowest BCUT2D eigenvalue weighted by Gasteiger charge is -2.42. The van der Waals surface area contributed by atoms with Gasteiger partial charge in [-0.15, -0.1) is 0 Å². The lowest BCUT2D eigenvalue weighted by Crippen LogP contribution is -2.54. The smallest absolute Gasteiger partial charge is 0.289 e. The average molecular weight is 424 g/mol. The second-order valence-electron chi connectivity index (χ2n) is 7.86. The van der Waals surface area contributed by atoms with Crippen LogP contribution >= 0.6 is 0 Å². The first kappa shape index (κ1) is 20.9.